The molecule has 2 aliphatic rings. The first kappa shape index (κ1) is 18.0. The molecule has 7 nitrogen and oxygen atoms in total. The van der Waals surface area contributed by atoms with Crippen LogP contribution in [0.4, 0.5) is 0 Å². The molecule has 4 rings (SSSR count). The molecule has 1 saturated heterocycles. The Morgan fingerprint density at radius 1 is 1.22 bits per heavy atom. The summed E-state index contributed by atoms with van der Waals surface area (Å²) in [6.45, 7) is 3.55. The summed E-state index contributed by atoms with van der Waals surface area (Å²) < 4.78 is 7.41. The van der Waals surface area contributed by atoms with Crippen molar-refractivity contribution >= 4 is 5.91 Å². The molecule has 0 saturated carbocycles. The molecule has 1 fully saturated rings. The molecule has 7 heteroatoms. The van der Waals surface area contributed by atoms with Crippen LogP contribution in [0.15, 0.2) is 24.3 Å². The van der Waals surface area contributed by atoms with Crippen molar-refractivity contribution in [1.29, 1.82) is 0 Å². The fourth-order valence-electron chi connectivity index (χ4n) is 4.06. The third-order valence-corrected chi connectivity index (χ3v) is 5.55. The molecule has 1 aromatic heterocycles. The number of rotatable bonds is 5. The summed E-state index contributed by atoms with van der Waals surface area (Å²) >= 11 is 0. The van der Waals surface area contributed by atoms with E-state index in [9.17, 15) is 4.79 Å². The van der Waals surface area contributed by atoms with Gasteiger partial charge in [0, 0.05) is 39.0 Å². The van der Waals surface area contributed by atoms with Crippen LogP contribution in [-0.2, 0) is 24.2 Å². The first-order valence-corrected chi connectivity index (χ1v) is 9.81. The number of carbonyl (C=O) groups excluding carboxylic acids is 1. The van der Waals surface area contributed by atoms with Gasteiger partial charge >= 0.3 is 0 Å². The maximum Gasteiger partial charge on any atom is 0.223 e. The van der Waals surface area contributed by atoms with Crippen molar-refractivity contribution in [2.24, 2.45) is 0 Å². The van der Waals surface area contributed by atoms with Gasteiger partial charge in [0.05, 0.1) is 13.2 Å². The molecule has 27 heavy (non-hydrogen) atoms. The van der Waals surface area contributed by atoms with Gasteiger partial charge in [-0.05, 0) is 37.0 Å². The monoisotopic (exact) mass is 369 g/mol. The van der Waals surface area contributed by atoms with E-state index in [1.807, 2.05) is 29.2 Å². The molecule has 2 aliphatic heterocycles. The van der Waals surface area contributed by atoms with Gasteiger partial charge in [0.1, 0.15) is 11.6 Å². The van der Waals surface area contributed by atoms with Gasteiger partial charge in [0.25, 0.3) is 0 Å². The Kier molecular flexibility index (Phi) is 5.38. The molecule has 0 radical (unpaired) electrons. The smallest absolute Gasteiger partial charge is 0.223 e. The fraction of sp³-hybridized carbons (Fsp3) is 0.550. The van der Waals surface area contributed by atoms with Crippen LogP contribution in [0.25, 0.3) is 0 Å². The number of likely N-dealkylation sites (tertiary alicyclic amines) is 1. The van der Waals surface area contributed by atoms with Crippen LogP contribution in [0.3, 0.4) is 0 Å². The van der Waals surface area contributed by atoms with Crippen LogP contribution in [0.5, 0.6) is 5.75 Å². The minimum atomic E-state index is 0.0627. The second-order valence-corrected chi connectivity index (χ2v) is 7.22. The van der Waals surface area contributed by atoms with E-state index in [1.54, 1.807) is 7.11 Å². The van der Waals surface area contributed by atoms with E-state index in [2.05, 4.69) is 20.1 Å². The zero-order valence-corrected chi connectivity index (χ0v) is 15.9. The summed E-state index contributed by atoms with van der Waals surface area (Å²) in [6, 6.07) is 8.00. The van der Waals surface area contributed by atoms with E-state index >= 15 is 0 Å². The Labute approximate surface area is 159 Å². The minimum absolute atomic E-state index is 0.0627. The lowest BCUT2D eigenvalue weighted by Gasteiger charge is -2.24. The lowest BCUT2D eigenvalue weighted by atomic mass is 10.1. The maximum atomic E-state index is 12.9. The summed E-state index contributed by atoms with van der Waals surface area (Å²) in [5, 5.41) is 12.3. The Hall–Kier alpha value is -2.41. The zero-order valence-electron chi connectivity index (χ0n) is 15.9. The number of benzene rings is 1. The van der Waals surface area contributed by atoms with Gasteiger partial charge in [-0.25, -0.2) is 0 Å². The van der Waals surface area contributed by atoms with Crippen molar-refractivity contribution in [1.82, 2.24) is 25.0 Å². The van der Waals surface area contributed by atoms with Crippen molar-refractivity contribution in [3.05, 3.63) is 41.5 Å². The number of nitrogens with zero attached hydrogens (tertiary/aromatic N) is 4. The van der Waals surface area contributed by atoms with E-state index in [0.717, 1.165) is 74.8 Å². The average Bonchev–Trinajstić information content (AvgIpc) is 3.27. The molecule has 3 heterocycles. The second-order valence-electron chi connectivity index (χ2n) is 7.22. The van der Waals surface area contributed by atoms with Crippen LogP contribution in [-0.4, -0.2) is 52.3 Å². The van der Waals surface area contributed by atoms with Crippen LogP contribution in [0, 0.1) is 0 Å². The first-order valence-electron chi connectivity index (χ1n) is 9.81. The minimum Gasteiger partial charge on any atom is -0.497 e. The van der Waals surface area contributed by atoms with Crippen molar-refractivity contribution in [2.75, 3.05) is 26.7 Å². The molecule has 0 bridgehead atoms. The van der Waals surface area contributed by atoms with E-state index in [-0.39, 0.29) is 11.9 Å². The quantitative estimate of drug-likeness (QED) is 0.869. The summed E-state index contributed by atoms with van der Waals surface area (Å²) in [4.78, 5) is 14.9. The lowest BCUT2D eigenvalue weighted by molar-refractivity contribution is -0.132. The lowest BCUT2D eigenvalue weighted by Crippen LogP contribution is -2.32. The molecule has 0 unspecified atom stereocenters. The highest BCUT2D eigenvalue weighted by atomic mass is 16.5. The van der Waals surface area contributed by atoms with Crippen molar-refractivity contribution in [3.63, 3.8) is 0 Å². The third kappa shape index (κ3) is 3.83. The van der Waals surface area contributed by atoms with E-state index in [4.69, 9.17) is 4.74 Å². The molecule has 1 N–H and O–H groups in total. The zero-order chi connectivity index (χ0) is 18.6. The summed E-state index contributed by atoms with van der Waals surface area (Å²) in [5.41, 5.74) is 1.15. The van der Waals surface area contributed by atoms with Crippen LogP contribution >= 0.6 is 0 Å². The number of amides is 1. The topological polar surface area (TPSA) is 72.3 Å². The number of hydrogen-bond acceptors (Lipinski definition) is 5. The Bertz CT molecular complexity index is 786. The summed E-state index contributed by atoms with van der Waals surface area (Å²) in [7, 11) is 1.66. The molecular formula is C20H27N5O2. The highest BCUT2D eigenvalue weighted by Crippen LogP contribution is 2.32. The Morgan fingerprint density at radius 2 is 2.07 bits per heavy atom. The number of ether oxygens (including phenoxy) is 1. The number of aromatic nitrogens is 3. The van der Waals surface area contributed by atoms with Crippen LogP contribution in [0.2, 0.25) is 0 Å². The first-order chi connectivity index (χ1) is 13.3. The number of hydrogen-bond donors (Lipinski definition) is 1. The van der Waals surface area contributed by atoms with Gasteiger partial charge in [-0.3, -0.25) is 4.79 Å². The fourth-order valence-corrected chi connectivity index (χ4v) is 4.06. The average molecular weight is 369 g/mol. The molecular weight excluding hydrogens is 342 g/mol. The van der Waals surface area contributed by atoms with Gasteiger partial charge < -0.3 is 19.5 Å². The molecule has 0 aliphatic carbocycles. The second kappa shape index (κ2) is 8.08. The Morgan fingerprint density at radius 3 is 2.89 bits per heavy atom. The number of nitrogens with one attached hydrogen (secondary N) is 1. The van der Waals surface area contributed by atoms with Gasteiger partial charge in [0.2, 0.25) is 5.91 Å². The predicted octanol–water partition coefficient (Wildman–Crippen LogP) is 1.73. The molecule has 1 aromatic carbocycles. The number of fused-ring (bicyclic) bond motifs is 1. The molecule has 1 atom stereocenters. The van der Waals surface area contributed by atoms with Crippen molar-refractivity contribution < 1.29 is 9.53 Å². The van der Waals surface area contributed by atoms with Gasteiger partial charge in [-0.1, -0.05) is 12.1 Å². The SMILES string of the molecule is COc1ccc(CCC(=O)N2CCC[C@H]2c2nnc3n2CCNCC3)cc1. The van der Waals surface area contributed by atoms with E-state index < -0.39 is 0 Å². The number of aryl methyl sites for hydroxylation is 1. The molecule has 144 valence electrons. The largest absolute Gasteiger partial charge is 0.497 e. The maximum absolute atomic E-state index is 12.9. The standard InChI is InChI=1S/C20H27N5O2/c1-27-16-7-4-15(5-8-16)6-9-19(26)24-13-2-3-17(24)20-23-22-18-10-11-21-12-14-25(18)20/h4-5,7-8,17,21H,2-3,6,9-14H2,1H3/t17-/m0/s1. The normalized spacial score (nSPS) is 19.6. The highest BCUT2D eigenvalue weighted by Gasteiger charge is 2.34. The molecule has 1 amide bonds. The van der Waals surface area contributed by atoms with Crippen molar-refractivity contribution in [2.45, 2.75) is 44.7 Å². The van der Waals surface area contributed by atoms with Gasteiger partial charge in [0.15, 0.2) is 5.82 Å². The summed E-state index contributed by atoms with van der Waals surface area (Å²) in [5.74, 6) is 3.04. The van der Waals surface area contributed by atoms with E-state index in [1.165, 1.54) is 0 Å². The van der Waals surface area contributed by atoms with Crippen molar-refractivity contribution in [3.8, 4) is 5.75 Å². The highest BCUT2D eigenvalue weighted by molar-refractivity contribution is 5.77. The van der Waals surface area contributed by atoms with Crippen LogP contribution < -0.4 is 10.1 Å². The number of carbonyl (C=O) groups is 1. The van der Waals surface area contributed by atoms with Gasteiger partial charge in [-0.2, -0.15) is 0 Å². The van der Waals surface area contributed by atoms with Gasteiger partial charge in [-0.15, -0.1) is 10.2 Å². The molecule has 2 aromatic rings. The Balaban J connectivity index is 1.43. The molecule has 0 spiro atoms. The van der Waals surface area contributed by atoms with E-state index in [0.29, 0.717) is 6.42 Å². The van der Waals surface area contributed by atoms with Crippen LogP contribution in [0.1, 0.15) is 42.5 Å². The predicted molar refractivity (Wildman–Crippen MR) is 102 cm³/mol. The number of methoxy groups -OCH3 is 1. The summed E-state index contributed by atoms with van der Waals surface area (Å²) in [6.07, 6.45) is 4.16. The third-order valence-electron chi connectivity index (χ3n) is 5.55.